The lowest BCUT2D eigenvalue weighted by molar-refractivity contribution is -0.129. The number of carbonyl (C=O) groups excluding carboxylic acids is 2. The van der Waals surface area contributed by atoms with Crippen molar-refractivity contribution in [2.45, 2.75) is 24.9 Å². The maximum atomic E-state index is 12.7. The van der Waals surface area contributed by atoms with Crippen molar-refractivity contribution >= 4 is 29.4 Å². The van der Waals surface area contributed by atoms with E-state index in [1.54, 1.807) is 14.5 Å². The Morgan fingerprint density at radius 2 is 1.64 bits per heavy atom. The molecular weight excluding hydrogens is 438 g/mol. The molecule has 10 heteroatoms. The zero-order chi connectivity index (χ0) is 23.2. The number of urea groups is 1. The number of benzene rings is 2. The van der Waals surface area contributed by atoms with Crippen LogP contribution in [0.2, 0.25) is 0 Å². The molecular formula is C23H27N7O2S. The van der Waals surface area contributed by atoms with Crippen molar-refractivity contribution in [2.75, 3.05) is 37.2 Å². The first-order valence-corrected chi connectivity index (χ1v) is 11.9. The van der Waals surface area contributed by atoms with Gasteiger partial charge in [0.25, 0.3) is 0 Å². The molecule has 1 N–H and O–H groups in total. The highest BCUT2D eigenvalue weighted by atomic mass is 32.2. The molecule has 1 saturated heterocycles. The van der Waals surface area contributed by atoms with Gasteiger partial charge in [0.2, 0.25) is 11.1 Å². The number of para-hydroxylation sites is 1. The molecule has 0 unspecified atom stereocenters. The Kier molecular flexibility index (Phi) is 7.23. The van der Waals surface area contributed by atoms with Crippen molar-refractivity contribution < 1.29 is 9.59 Å². The number of nitrogens with one attached hydrogen (secondary N) is 1. The highest BCUT2D eigenvalue weighted by Gasteiger charge is 2.24. The summed E-state index contributed by atoms with van der Waals surface area (Å²) in [4.78, 5) is 28.7. The van der Waals surface area contributed by atoms with Crippen molar-refractivity contribution in [3.63, 3.8) is 0 Å². The number of aromatic nitrogens is 4. The average Bonchev–Trinajstić information content (AvgIpc) is 3.32. The van der Waals surface area contributed by atoms with Crippen molar-refractivity contribution in [3.8, 4) is 5.69 Å². The summed E-state index contributed by atoms with van der Waals surface area (Å²) in [5.74, 6) is 0.692. The van der Waals surface area contributed by atoms with Gasteiger partial charge < -0.3 is 15.1 Å². The Morgan fingerprint density at radius 3 is 2.30 bits per heavy atom. The van der Waals surface area contributed by atoms with Crippen molar-refractivity contribution in [2.24, 2.45) is 0 Å². The summed E-state index contributed by atoms with van der Waals surface area (Å²) in [6, 6.07) is 17.3. The van der Waals surface area contributed by atoms with Crippen LogP contribution in [0.1, 0.15) is 25.3 Å². The molecule has 33 heavy (non-hydrogen) atoms. The maximum absolute atomic E-state index is 12.7. The van der Waals surface area contributed by atoms with Crippen LogP contribution in [-0.2, 0) is 4.79 Å². The lowest BCUT2D eigenvalue weighted by atomic mass is 10.0. The van der Waals surface area contributed by atoms with Crippen LogP contribution in [0.5, 0.6) is 0 Å². The van der Waals surface area contributed by atoms with Crippen LogP contribution >= 0.6 is 11.8 Å². The molecule has 2 heterocycles. The third kappa shape index (κ3) is 5.70. The zero-order valence-electron chi connectivity index (χ0n) is 18.7. The minimum Gasteiger partial charge on any atom is -0.338 e. The summed E-state index contributed by atoms with van der Waals surface area (Å²) in [6.45, 7) is 6.29. The number of carbonyl (C=O) groups is 2. The zero-order valence-corrected chi connectivity index (χ0v) is 19.5. The van der Waals surface area contributed by atoms with Gasteiger partial charge in [-0.3, -0.25) is 4.79 Å². The number of hydrogen-bond acceptors (Lipinski definition) is 6. The van der Waals surface area contributed by atoms with Gasteiger partial charge in [0.05, 0.1) is 11.4 Å². The van der Waals surface area contributed by atoms with E-state index in [-0.39, 0.29) is 17.7 Å². The Balaban J connectivity index is 1.27. The monoisotopic (exact) mass is 465 g/mol. The lowest BCUT2D eigenvalue weighted by Gasteiger charge is -2.34. The molecule has 0 atom stereocenters. The number of nitrogens with zero attached hydrogens (tertiary/aromatic N) is 6. The topological polar surface area (TPSA) is 96.2 Å². The van der Waals surface area contributed by atoms with E-state index in [4.69, 9.17) is 0 Å². The Morgan fingerprint density at radius 1 is 0.970 bits per heavy atom. The fraction of sp³-hybridized carbons (Fsp3) is 0.348. The lowest BCUT2D eigenvalue weighted by Crippen LogP contribution is -2.52. The van der Waals surface area contributed by atoms with Crippen LogP contribution in [0.15, 0.2) is 59.8 Å². The molecule has 1 fully saturated rings. The SMILES string of the molecule is CC(C)c1ccc(-n2nnnc2SCC(=O)N2CCN(C(=O)Nc3ccccc3)CC2)cc1. The van der Waals surface area contributed by atoms with Crippen LogP contribution in [0.3, 0.4) is 0 Å². The minimum atomic E-state index is -0.148. The number of anilines is 1. The molecule has 1 aromatic heterocycles. The van der Waals surface area contributed by atoms with Gasteiger partial charge in [-0.05, 0) is 46.2 Å². The standard InChI is InChI=1S/C23H27N7O2S/c1-17(2)18-8-10-20(11-9-18)30-23(25-26-27-30)33-16-21(31)28-12-14-29(15-13-28)22(32)24-19-6-4-3-5-7-19/h3-11,17H,12-16H2,1-2H3,(H,24,32). The molecule has 172 valence electrons. The van der Waals surface area contributed by atoms with E-state index >= 15 is 0 Å². The van der Waals surface area contributed by atoms with Crippen LogP contribution < -0.4 is 5.32 Å². The van der Waals surface area contributed by atoms with Gasteiger partial charge >= 0.3 is 6.03 Å². The summed E-state index contributed by atoms with van der Waals surface area (Å²) >= 11 is 1.31. The number of hydrogen-bond donors (Lipinski definition) is 1. The average molecular weight is 466 g/mol. The van der Waals surface area contributed by atoms with Crippen LogP contribution in [0.25, 0.3) is 5.69 Å². The van der Waals surface area contributed by atoms with Crippen LogP contribution in [0, 0.1) is 0 Å². The molecule has 0 bridgehead atoms. The van der Waals surface area contributed by atoms with E-state index < -0.39 is 0 Å². The number of rotatable bonds is 6. The fourth-order valence-corrected chi connectivity index (χ4v) is 4.33. The molecule has 4 rings (SSSR count). The maximum Gasteiger partial charge on any atom is 0.321 e. The summed E-state index contributed by atoms with van der Waals surface area (Å²) in [6.07, 6.45) is 0. The first-order chi connectivity index (χ1) is 16.0. The molecule has 3 amide bonds. The molecule has 0 saturated carbocycles. The van der Waals surface area contributed by atoms with Gasteiger partial charge in [-0.25, -0.2) is 4.79 Å². The molecule has 1 aliphatic heterocycles. The Bertz CT molecular complexity index is 1080. The predicted octanol–water partition coefficient (Wildman–Crippen LogP) is 3.25. The van der Waals surface area contributed by atoms with Gasteiger partial charge in [0.1, 0.15) is 0 Å². The molecule has 2 aromatic carbocycles. The second-order valence-corrected chi connectivity index (χ2v) is 9.01. The molecule has 0 spiro atoms. The number of tetrazole rings is 1. The number of piperazine rings is 1. The molecule has 0 aliphatic carbocycles. The van der Waals surface area contributed by atoms with Crippen molar-refractivity contribution in [1.82, 2.24) is 30.0 Å². The molecule has 0 radical (unpaired) electrons. The Labute approximate surface area is 197 Å². The summed E-state index contributed by atoms with van der Waals surface area (Å²) < 4.78 is 1.65. The van der Waals surface area contributed by atoms with E-state index in [9.17, 15) is 9.59 Å². The third-order valence-electron chi connectivity index (χ3n) is 5.51. The van der Waals surface area contributed by atoms with E-state index in [1.807, 2.05) is 42.5 Å². The van der Waals surface area contributed by atoms with Crippen LogP contribution in [0.4, 0.5) is 10.5 Å². The smallest absolute Gasteiger partial charge is 0.321 e. The van der Waals surface area contributed by atoms with Crippen LogP contribution in [-0.4, -0.2) is 73.9 Å². The van der Waals surface area contributed by atoms with Crippen molar-refractivity contribution in [1.29, 1.82) is 0 Å². The van der Waals surface area contributed by atoms with Gasteiger partial charge in [-0.1, -0.05) is 55.9 Å². The van der Waals surface area contributed by atoms with E-state index in [1.165, 1.54) is 17.3 Å². The largest absolute Gasteiger partial charge is 0.338 e. The minimum absolute atomic E-state index is 0.00724. The number of amides is 3. The highest BCUT2D eigenvalue weighted by molar-refractivity contribution is 7.99. The highest BCUT2D eigenvalue weighted by Crippen LogP contribution is 2.21. The summed E-state index contributed by atoms with van der Waals surface area (Å²) in [5, 5.41) is 15.4. The fourth-order valence-electron chi connectivity index (χ4n) is 3.53. The van der Waals surface area contributed by atoms with E-state index in [2.05, 4.69) is 46.8 Å². The van der Waals surface area contributed by atoms with E-state index in [0.717, 1.165) is 11.4 Å². The normalized spacial score (nSPS) is 13.9. The first kappa shape index (κ1) is 22.8. The first-order valence-electron chi connectivity index (χ1n) is 10.9. The summed E-state index contributed by atoms with van der Waals surface area (Å²) in [5.41, 5.74) is 2.86. The van der Waals surface area contributed by atoms with Gasteiger partial charge in [-0.15, -0.1) is 5.10 Å². The second-order valence-electron chi connectivity index (χ2n) is 8.07. The quantitative estimate of drug-likeness (QED) is 0.562. The molecule has 9 nitrogen and oxygen atoms in total. The summed E-state index contributed by atoms with van der Waals surface area (Å²) in [7, 11) is 0. The third-order valence-corrected chi connectivity index (χ3v) is 6.42. The molecule has 1 aliphatic rings. The van der Waals surface area contributed by atoms with Gasteiger partial charge in [0.15, 0.2) is 0 Å². The van der Waals surface area contributed by atoms with Gasteiger partial charge in [-0.2, -0.15) is 4.68 Å². The second kappa shape index (κ2) is 10.5. The number of thioether (sulfide) groups is 1. The van der Waals surface area contributed by atoms with Gasteiger partial charge in [0, 0.05) is 31.9 Å². The van der Waals surface area contributed by atoms with Crippen molar-refractivity contribution in [3.05, 3.63) is 60.2 Å². The molecule has 3 aromatic rings. The van der Waals surface area contributed by atoms with E-state index in [0.29, 0.717) is 37.3 Å². The Hall–Kier alpha value is -3.40. The predicted molar refractivity (Wildman–Crippen MR) is 128 cm³/mol.